The molecule has 3 heteroatoms. The van der Waals surface area contributed by atoms with Gasteiger partial charge in [0, 0.05) is 6.08 Å². The Kier molecular flexibility index (Phi) is 17.5. The highest BCUT2D eigenvalue weighted by Crippen LogP contribution is 2.12. The zero-order chi connectivity index (χ0) is 18.6. The highest BCUT2D eigenvalue weighted by Gasteiger charge is 2.00. The van der Waals surface area contributed by atoms with Crippen molar-refractivity contribution in [1.82, 2.24) is 0 Å². The van der Waals surface area contributed by atoms with Gasteiger partial charge in [0.25, 0.3) is 0 Å². The molecular weight excluding hydrogens is 312 g/mol. The number of allylic oxidation sites excluding steroid dienone is 6. The SMILES string of the molecule is CCCCCCCCCCCC(O)CC=CC=CC=CC=CC(=O)O. The maximum atomic E-state index is 10.2. The number of unbranched alkanes of at least 4 members (excludes halogenated alkanes) is 8. The third-order valence-corrected chi connectivity index (χ3v) is 3.98. The fourth-order valence-corrected chi connectivity index (χ4v) is 2.52. The smallest absolute Gasteiger partial charge is 0.328 e. The van der Waals surface area contributed by atoms with E-state index in [4.69, 9.17) is 5.11 Å². The standard InChI is InChI=1S/C22H36O3/c1-2-3-4-5-6-7-9-12-15-18-21(23)19-16-13-10-8-11-14-17-20-22(24)25/h8,10-11,13-14,16-17,20-21,23H,2-7,9,12,15,18-19H2,1H3,(H,24,25). The van der Waals surface area contributed by atoms with E-state index >= 15 is 0 Å². The van der Waals surface area contributed by atoms with Crippen molar-refractivity contribution in [3.05, 3.63) is 48.6 Å². The number of rotatable bonds is 16. The van der Waals surface area contributed by atoms with Crippen LogP contribution in [0, 0.1) is 0 Å². The predicted octanol–water partition coefficient (Wildman–Crippen LogP) is 5.97. The fraction of sp³-hybridized carbons (Fsp3) is 0.591. The van der Waals surface area contributed by atoms with Crippen LogP contribution in [0.1, 0.15) is 77.6 Å². The monoisotopic (exact) mass is 348 g/mol. The molecule has 2 N–H and O–H groups in total. The van der Waals surface area contributed by atoms with E-state index in [0.717, 1.165) is 18.9 Å². The average molecular weight is 349 g/mol. The first-order valence-electron chi connectivity index (χ1n) is 9.74. The van der Waals surface area contributed by atoms with Gasteiger partial charge in [-0.05, 0) is 12.8 Å². The van der Waals surface area contributed by atoms with Crippen LogP contribution >= 0.6 is 0 Å². The van der Waals surface area contributed by atoms with Crippen LogP contribution < -0.4 is 0 Å². The van der Waals surface area contributed by atoms with E-state index in [2.05, 4.69) is 6.92 Å². The van der Waals surface area contributed by atoms with E-state index < -0.39 is 5.97 Å². The van der Waals surface area contributed by atoms with Crippen LogP contribution in [-0.4, -0.2) is 22.3 Å². The predicted molar refractivity (Wildman–Crippen MR) is 107 cm³/mol. The van der Waals surface area contributed by atoms with Crippen molar-refractivity contribution in [3.8, 4) is 0 Å². The van der Waals surface area contributed by atoms with Crippen LogP contribution in [0.3, 0.4) is 0 Å². The van der Waals surface area contributed by atoms with Crippen molar-refractivity contribution in [2.24, 2.45) is 0 Å². The Morgan fingerprint density at radius 1 is 0.800 bits per heavy atom. The molecule has 1 atom stereocenters. The molecule has 142 valence electrons. The van der Waals surface area contributed by atoms with Crippen LogP contribution in [0.2, 0.25) is 0 Å². The summed E-state index contributed by atoms with van der Waals surface area (Å²) in [5.74, 6) is -0.950. The van der Waals surface area contributed by atoms with E-state index in [0.29, 0.717) is 6.42 Å². The molecule has 1 unspecified atom stereocenters. The maximum Gasteiger partial charge on any atom is 0.328 e. The molecule has 0 saturated carbocycles. The fourth-order valence-electron chi connectivity index (χ4n) is 2.52. The van der Waals surface area contributed by atoms with Gasteiger partial charge in [0.2, 0.25) is 0 Å². The van der Waals surface area contributed by atoms with Crippen molar-refractivity contribution >= 4 is 5.97 Å². The van der Waals surface area contributed by atoms with E-state index in [1.165, 1.54) is 57.4 Å². The van der Waals surface area contributed by atoms with Crippen LogP contribution in [0.4, 0.5) is 0 Å². The van der Waals surface area contributed by atoms with Crippen molar-refractivity contribution in [1.29, 1.82) is 0 Å². The molecule has 0 aliphatic heterocycles. The van der Waals surface area contributed by atoms with Gasteiger partial charge in [-0.2, -0.15) is 0 Å². The Morgan fingerprint density at radius 3 is 1.92 bits per heavy atom. The van der Waals surface area contributed by atoms with Crippen molar-refractivity contribution in [3.63, 3.8) is 0 Å². The molecule has 0 heterocycles. The summed E-state index contributed by atoms with van der Waals surface area (Å²) >= 11 is 0. The first-order valence-corrected chi connectivity index (χ1v) is 9.74. The van der Waals surface area contributed by atoms with Gasteiger partial charge in [0.15, 0.2) is 0 Å². The summed E-state index contributed by atoms with van der Waals surface area (Å²) in [6, 6.07) is 0. The van der Waals surface area contributed by atoms with Crippen molar-refractivity contribution in [2.45, 2.75) is 83.7 Å². The van der Waals surface area contributed by atoms with Gasteiger partial charge in [-0.25, -0.2) is 4.79 Å². The van der Waals surface area contributed by atoms with Gasteiger partial charge in [0.1, 0.15) is 0 Å². The van der Waals surface area contributed by atoms with Crippen LogP contribution in [0.15, 0.2) is 48.6 Å². The van der Waals surface area contributed by atoms with Crippen molar-refractivity contribution in [2.75, 3.05) is 0 Å². The molecular formula is C22H36O3. The average Bonchev–Trinajstić information content (AvgIpc) is 2.58. The molecule has 0 aliphatic carbocycles. The summed E-state index contributed by atoms with van der Waals surface area (Å²) in [6.45, 7) is 2.25. The Morgan fingerprint density at radius 2 is 1.32 bits per heavy atom. The highest BCUT2D eigenvalue weighted by atomic mass is 16.4. The summed E-state index contributed by atoms with van der Waals surface area (Å²) < 4.78 is 0. The zero-order valence-electron chi connectivity index (χ0n) is 15.8. The second kappa shape index (κ2) is 18.7. The highest BCUT2D eigenvalue weighted by molar-refractivity contribution is 5.80. The molecule has 0 aromatic heterocycles. The van der Waals surface area contributed by atoms with Crippen LogP contribution in [0.5, 0.6) is 0 Å². The van der Waals surface area contributed by atoms with Crippen LogP contribution in [0.25, 0.3) is 0 Å². The first kappa shape index (κ1) is 23.4. The summed E-state index contributed by atoms with van der Waals surface area (Å²) in [5.41, 5.74) is 0. The minimum Gasteiger partial charge on any atom is -0.478 e. The Labute approximate surface area is 153 Å². The van der Waals surface area contributed by atoms with E-state index in [1.807, 2.05) is 24.3 Å². The Bertz CT molecular complexity index is 419. The molecule has 0 aromatic carbocycles. The van der Waals surface area contributed by atoms with E-state index in [1.54, 1.807) is 12.2 Å². The number of aliphatic carboxylic acids is 1. The second-order valence-corrected chi connectivity index (χ2v) is 6.40. The zero-order valence-corrected chi connectivity index (χ0v) is 15.8. The lowest BCUT2D eigenvalue weighted by molar-refractivity contribution is -0.131. The lowest BCUT2D eigenvalue weighted by Gasteiger charge is -2.07. The Hall–Kier alpha value is -1.61. The lowest BCUT2D eigenvalue weighted by Crippen LogP contribution is -2.04. The molecule has 3 nitrogen and oxygen atoms in total. The third-order valence-electron chi connectivity index (χ3n) is 3.98. The minimum atomic E-state index is -0.950. The number of hydrogen-bond acceptors (Lipinski definition) is 2. The Balaban J connectivity index is 3.51. The lowest BCUT2D eigenvalue weighted by atomic mass is 10.0. The van der Waals surface area contributed by atoms with Gasteiger partial charge >= 0.3 is 5.97 Å². The van der Waals surface area contributed by atoms with Gasteiger partial charge in [-0.1, -0.05) is 107 Å². The quantitative estimate of drug-likeness (QED) is 0.205. The number of aliphatic hydroxyl groups excluding tert-OH is 1. The summed E-state index contributed by atoms with van der Waals surface area (Å²) in [5, 5.41) is 18.3. The summed E-state index contributed by atoms with van der Waals surface area (Å²) in [4.78, 5) is 10.2. The maximum absolute atomic E-state index is 10.2. The first-order chi connectivity index (χ1) is 12.2. The van der Waals surface area contributed by atoms with E-state index in [-0.39, 0.29) is 6.10 Å². The summed E-state index contributed by atoms with van der Waals surface area (Å²) in [7, 11) is 0. The number of aliphatic hydroxyl groups is 1. The number of hydrogen-bond donors (Lipinski definition) is 2. The van der Waals surface area contributed by atoms with Crippen molar-refractivity contribution < 1.29 is 15.0 Å². The molecule has 0 fully saturated rings. The van der Waals surface area contributed by atoms with E-state index in [9.17, 15) is 9.90 Å². The molecule has 0 bridgehead atoms. The van der Waals surface area contributed by atoms with Crippen LogP contribution in [-0.2, 0) is 4.79 Å². The summed E-state index contributed by atoms with van der Waals surface area (Å²) in [6.07, 6.45) is 26.6. The molecule has 0 radical (unpaired) electrons. The number of carbonyl (C=O) groups is 1. The largest absolute Gasteiger partial charge is 0.478 e. The molecule has 0 saturated heterocycles. The molecule has 0 aliphatic rings. The molecule has 0 rings (SSSR count). The van der Waals surface area contributed by atoms with Gasteiger partial charge in [-0.15, -0.1) is 0 Å². The molecule has 0 spiro atoms. The van der Waals surface area contributed by atoms with Gasteiger partial charge in [0.05, 0.1) is 6.10 Å². The van der Waals surface area contributed by atoms with Gasteiger partial charge < -0.3 is 10.2 Å². The molecule has 0 amide bonds. The normalized spacial score (nSPS) is 13.7. The molecule has 0 aromatic rings. The molecule has 25 heavy (non-hydrogen) atoms. The number of carboxylic acid groups (broad SMARTS) is 1. The minimum absolute atomic E-state index is 0.247. The van der Waals surface area contributed by atoms with Gasteiger partial charge in [-0.3, -0.25) is 0 Å². The third kappa shape index (κ3) is 20.3. The topological polar surface area (TPSA) is 57.5 Å². The number of carboxylic acids is 1. The second-order valence-electron chi connectivity index (χ2n) is 6.40.